The van der Waals surface area contributed by atoms with Crippen LogP contribution in [-0.2, 0) is 0 Å². The van der Waals surface area contributed by atoms with E-state index in [4.69, 9.17) is 9.52 Å². The van der Waals surface area contributed by atoms with Gasteiger partial charge in [-0.3, -0.25) is 0 Å². The average molecular weight is 200 g/mol. The Hall–Kier alpha value is -0.770. The van der Waals surface area contributed by atoms with Crippen LogP contribution in [0, 0.1) is 6.92 Å². The standard InChI is InChI=1S/C10H8O3.Na.H/c1-6-4-10(12)13-9-5-7(11)2-3-8(6)9;;/h2-5,11H,1H3;;/q;+1;-1. The minimum atomic E-state index is -0.393. The Morgan fingerprint density at radius 3 is 2.79 bits per heavy atom. The maximum atomic E-state index is 11.0. The van der Waals surface area contributed by atoms with Crippen LogP contribution in [-0.4, -0.2) is 5.11 Å². The Labute approximate surface area is 104 Å². The molecule has 0 aliphatic heterocycles. The molecule has 0 unspecified atom stereocenters. The first-order chi connectivity index (χ1) is 6.16. The number of hydrogen-bond donors (Lipinski definition) is 1. The summed E-state index contributed by atoms with van der Waals surface area (Å²) in [7, 11) is 0. The maximum Gasteiger partial charge on any atom is 1.00 e. The third kappa shape index (κ3) is 2.00. The molecule has 1 heterocycles. The van der Waals surface area contributed by atoms with Crippen LogP contribution in [0.15, 0.2) is 33.5 Å². The van der Waals surface area contributed by atoms with Crippen molar-refractivity contribution in [3.8, 4) is 5.75 Å². The van der Waals surface area contributed by atoms with Crippen molar-refractivity contribution in [2.24, 2.45) is 0 Å². The van der Waals surface area contributed by atoms with E-state index in [2.05, 4.69) is 0 Å². The van der Waals surface area contributed by atoms with Crippen molar-refractivity contribution in [2.75, 3.05) is 0 Å². The van der Waals surface area contributed by atoms with E-state index < -0.39 is 5.63 Å². The van der Waals surface area contributed by atoms with Crippen LogP contribution in [0.2, 0.25) is 0 Å². The van der Waals surface area contributed by atoms with E-state index in [9.17, 15) is 4.79 Å². The van der Waals surface area contributed by atoms with Gasteiger partial charge in [0.2, 0.25) is 0 Å². The zero-order valence-electron chi connectivity index (χ0n) is 9.07. The van der Waals surface area contributed by atoms with Crippen molar-refractivity contribution in [2.45, 2.75) is 6.92 Å². The number of aryl methyl sites for hydroxylation is 1. The third-order valence-electron chi connectivity index (χ3n) is 1.93. The number of hydrogen-bond acceptors (Lipinski definition) is 3. The van der Waals surface area contributed by atoms with Crippen LogP contribution in [0.4, 0.5) is 0 Å². The van der Waals surface area contributed by atoms with E-state index in [1.54, 1.807) is 12.1 Å². The van der Waals surface area contributed by atoms with Gasteiger partial charge < -0.3 is 11.0 Å². The molecule has 0 spiro atoms. The van der Waals surface area contributed by atoms with Crippen molar-refractivity contribution >= 4 is 11.0 Å². The van der Waals surface area contributed by atoms with Crippen LogP contribution in [0.1, 0.15) is 6.99 Å². The smallest absolute Gasteiger partial charge is 1.00 e. The van der Waals surface area contributed by atoms with Crippen LogP contribution < -0.4 is 35.2 Å². The molecule has 0 saturated carbocycles. The summed E-state index contributed by atoms with van der Waals surface area (Å²) in [5.41, 5.74) is 0.881. The molecule has 0 bridgehead atoms. The van der Waals surface area contributed by atoms with Crippen LogP contribution in [0.5, 0.6) is 5.75 Å². The van der Waals surface area contributed by atoms with E-state index in [0.29, 0.717) is 5.58 Å². The fourth-order valence-corrected chi connectivity index (χ4v) is 1.31. The van der Waals surface area contributed by atoms with Crippen LogP contribution in [0.25, 0.3) is 11.0 Å². The molecule has 0 atom stereocenters. The van der Waals surface area contributed by atoms with Gasteiger partial charge in [-0.25, -0.2) is 4.79 Å². The zero-order chi connectivity index (χ0) is 9.42. The minimum Gasteiger partial charge on any atom is -1.00 e. The Kier molecular flexibility index (Phi) is 3.37. The first-order valence-electron chi connectivity index (χ1n) is 3.90. The number of fused-ring (bicyclic) bond motifs is 1. The van der Waals surface area contributed by atoms with Gasteiger partial charge in [0.15, 0.2) is 0 Å². The summed E-state index contributed by atoms with van der Waals surface area (Å²) in [5.74, 6) is 0.0984. The summed E-state index contributed by atoms with van der Waals surface area (Å²) in [6.07, 6.45) is 0. The van der Waals surface area contributed by atoms with Crippen molar-refractivity contribution < 1.29 is 40.5 Å². The Morgan fingerprint density at radius 2 is 2.07 bits per heavy atom. The molecule has 0 aliphatic carbocycles. The SMILES string of the molecule is Cc1cc(=O)oc2cc(O)ccc12.[H-].[Na+]. The van der Waals surface area contributed by atoms with Crippen LogP contribution >= 0.6 is 0 Å². The molecule has 1 N–H and O–H groups in total. The van der Waals surface area contributed by atoms with Crippen molar-refractivity contribution in [3.05, 3.63) is 40.2 Å². The molecule has 0 aliphatic rings. The molecule has 1 aromatic carbocycles. The minimum absolute atomic E-state index is 0. The molecule has 14 heavy (non-hydrogen) atoms. The van der Waals surface area contributed by atoms with Crippen molar-refractivity contribution in [3.63, 3.8) is 0 Å². The van der Waals surface area contributed by atoms with Crippen molar-refractivity contribution in [1.82, 2.24) is 0 Å². The Bertz CT molecular complexity index is 522. The van der Waals surface area contributed by atoms with E-state index in [1.165, 1.54) is 12.1 Å². The number of phenolic OH excluding ortho intramolecular Hbond substituents is 1. The van der Waals surface area contributed by atoms with Gasteiger partial charge in [0.25, 0.3) is 0 Å². The number of phenols is 1. The predicted octanol–water partition coefficient (Wildman–Crippen LogP) is -1.08. The summed E-state index contributed by atoms with van der Waals surface area (Å²) < 4.78 is 4.91. The van der Waals surface area contributed by atoms with Crippen molar-refractivity contribution in [1.29, 1.82) is 0 Å². The number of benzene rings is 1. The summed E-state index contributed by atoms with van der Waals surface area (Å²) in [4.78, 5) is 11.0. The largest absolute Gasteiger partial charge is 1.00 e. The summed E-state index contributed by atoms with van der Waals surface area (Å²) >= 11 is 0. The van der Waals surface area contributed by atoms with Gasteiger partial charge in [-0.05, 0) is 24.6 Å². The molecular weight excluding hydrogens is 191 g/mol. The van der Waals surface area contributed by atoms with Gasteiger partial charge in [0, 0.05) is 17.5 Å². The molecule has 3 nitrogen and oxygen atoms in total. The molecule has 0 radical (unpaired) electrons. The number of rotatable bonds is 0. The molecule has 2 aromatic rings. The first-order valence-corrected chi connectivity index (χ1v) is 3.90. The monoisotopic (exact) mass is 200 g/mol. The second-order valence-electron chi connectivity index (χ2n) is 2.93. The van der Waals surface area contributed by atoms with E-state index in [-0.39, 0.29) is 36.7 Å². The summed E-state index contributed by atoms with van der Waals surface area (Å²) in [6, 6.07) is 6.15. The average Bonchev–Trinajstić information content (AvgIpc) is 2.02. The molecule has 0 fully saturated rings. The zero-order valence-corrected chi connectivity index (χ0v) is 10.1. The third-order valence-corrected chi connectivity index (χ3v) is 1.93. The van der Waals surface area contributed by atoms with E-state index in [1.807, 2.05) is 6.92 Å². The first kappa shape index (κ1) is 11.3. The quantitative estimate of drug-likeness (QED) is 0.435. The van der Waals surface area contributed by atoms with Gasteiger partial charge in [0.05, 0.1) is 0 Å². The second-order valence-corrected chi connectivity index (χ2v) is 2.93. The van der Waals surface area contributed by atoms with Gasteiger partial charge in [0.1, 0.15) is 11.3 Å². The van der Waals surface area contributed by atoms with Gasteiger partial charge in [-0.1, -0.05) is 0 Å². The maximum absolute atomic E-state index is 11.0. The molecule has 4 heteroatoms. The topological polar surface area (TPSA) is 50.4 Å². The Morgan fingerprint density at radius 1 is 1.36 bits per heavy atom. The Balaban J connectivity index is 0.000000980. The van der Waals surface area contributed by atoms with E-state index in [0.717, 1.165) is 10.9 Å². The molecule has 2 rings (SSSR count). The summed E-state index contributed by atoms with van der Waals surface area (Å²) in [5, 5.41) is 9.99. The molecule has 0 amide bonds. The van der Waals surface area contributed by atoms with Gasteiger partial charge in [-0.2, -0.15) is 0 Å². The van der Waals surface area contributed by atoms with Gasteiger partial charge in [-0.15, -0.1) is 0 Å². The molecular formula is C10H9NaO3. The fraction of sp³-hybridized carbons (Fsp3) is 0.100. The van der Waals surface area contributed by atoms with Gasteiger partial charge >= 0.3 is 35.2 Å². The van der Waals surface area contributed by atoms with Crippen LogP contribution in [0.3, 0.4) is 0 Å². The summed E-state index contributed by atoms with van der Waals surface area (Å²) in [6.45, 7) is 1.83. The second kappa shape index (κ2) is 4.17. The molecule has 0 saturated heterocycles. The number of aromatic hydroxyl groups is 1. The molecule has 1 aromatic heterocycles. The fourth-order valence-electron chi connectivity index (χ4n) is 1.31. The molecule has 68 valence electrons. The predicted molar refractivity (Wildman–Crippen MR) is 50.0 cm³/mol. The van der Waals surface area contributed by atoms with E-state index >= 15 is 0 Å². The normalized spacial score (nSPS) is 9.79.